The number of benzene rings is 1. The number of hydrogen-bond donors (Lipinski definition) is 1. The zero-order valence-electron chi connectivity index (χ0n) is 10.4. The summed E-state index contributed by atoms with van der Waals surface area (Å²) in [6, 6.07) is 5.79. The minimum atomic E-state index is -0.309. The van der Waals surface area contributed by atoms with Gasteiger partial charge in [-0.15, -0.1) is 5.48 Å². The van der Waals surface area contributed by atoms with Crippen molar-refractivity contribution < 1.29 is 9.63 Å². The third-order valence-electron chi connectivity index (χ3n) is 3.06. The van der Waals surface area contributed by atoms with Crippen LogP contribution in [0.2, 0.25) is 5.02 Å². The number of carbonyl (C=O) groups excluding carboxylic acids is 1. The van der Waals surface area contributed by atoms with Gasteiger partial charge in [0.05, 0.1) is 6.54 Å². The number of rotatable bonds is 3. The van der Waals surface area contributed by atoms with Crippen molar-refractivity contribution in [1.82, 2.24) is 10.4 Å². The van der Waals surface area contributed by atoms with Crippen LogP contribution in [-0.2, 0) is 11.4 Å². The lowest BCUT2D eigenvalue weighted by Gasteiger charge is -2.15. The molecule has 98 valence electrons. The first-order valence-corrected chi connectivity index (χ1v) is 6.49. The van der Waals surface area contributed by atoms with E-state index in [2.05, 4.69) is 5.48 Å². The summed E-state index contributed by atoms with van der Waals surface area (Å²) in [5.74, 6) is 0. The van der Waals surface area contributed by atoms with Gasteiger partial charge in [-0.25, -0.2) is 4.79 Å². The van der Waals surface area contributed by atoms with Gasteiger partial charge in [-0.05, 0) is 30.9 Å². The summed E-state index contributed by atoms with van der Waals surface area (Å²) < 4.78 is 0. The summed E-state index contributed by atoms with van der Waals surface area (Å²) in [6.07, 6.45) is 1.80. The molecule has 1 N–H and O–H groups in total. The van der Waals surface area contributed by atoms with Crippen LogP contribution in [-0.4, -0.2) is 24.1 Å². The van der Waals surface area contributed by atoms with Crippen molar-refractivity contribution in [3.8, 4) is 0 Å². The summed E-state index contributed by atoms with van der Waals surface area (Å²) in [7, 11) is 0. The predicted molar refractivity (Wildman–Crippen MR) is 70.3 cm³/mol. The van der Waals surface area contributed by atoms with Crippen LogP contribution >= 0.6 is 11.6 Å². The van der Waals surface area contributed by atoms with E-state index < -0.39 is 0 Å². The fourth-order valence-electron chi connectivity index (χ4n) is 1.98. The molecule has 0 aliphatic carbocycles. The van der Waals surface area contributed by atoms with Crippen LogP contribution in [0, 0.1) is 6.92 Å². The highest BCUT2D eigenvalue weighted by molar-refractivity contribution is 6.32. The fourth-order valence-corrected chi connectivity index (χ4v) is 2.18. The molecule has 1 fully saturated rings. The van der Waals surface area contributed by atoms with Gasteiger partial charge in [-0.1, -0.05) is 29.8 Å². The second-order valence-corrected chi connectivity index (χ2v) is 4.81. The molecule has 0 unspecified atom stereocenters. The number of likely N-dealkylation sites (tertiary alicyclic amines) is 1. The van der Waals surface area contributed by atoms with Gasteiger partial charge in [0.1, 0.15) is 0 Å². The maximum absolute atomic E-state index is 11.6. The van der Waals surface area contributed by atoms with Crippen molar-refractivity contribution >= 4 is 17.7 Å². The molecule has 2 rings (SSSR count). The van der Waals surface area contributed by atoms with Crippen LogP contribution in [0.3, 0.4) is 0 Å². The molecule has 1 heterocycles. The van der Waals surface area contributed by atoms with E-state index in [-0.39, 0.29) is 6.09 Å². The van der Waals surface area contributed by atoms with Crippen LogP contribution in [0.5, 0.6) is 0 Å². The molecule has 1 amide bonds. The third-order valence-corrected chi connectivity index (χ3v) is 3.60. The SMILES string of the molecule is Cc1cccc(CNOC(=O)N2CCCC2)c1Cl. The Morgan fingerprint density at radius 3 is 2.89 bits per heavy atom. The molecule has 0 radical (unpaired) electrons. The van der Waals surface area contributed by atoms with Crippen LogP contribution in [0.25, 0.3) is 0 Å². The lowest BCUT2D eigenvalue weighted by atomic mass is 10.1. The quantitative estimate of drug-likeness (QED) is 0.857. The van der Waals surface area contributed by atoms with Crippen molar-refractivity contribution in [2.24, 2.45) is 0 Å². The van der Waals surface area contributed by atoms with E-state index in [4.69, 9.17) is 16.4 Å². The Morgan fingerprint density at radius 1 is 1.44 bits per heavy atom. The summed E-state index contributed by atoms with van der Waals surface area (Å²) in [6.45, 7) is 3.93. The molecule has 0 atom stereocenters. The van der Waals surface area contributed by atoms with E-state index in [0.29, 0.717) is 11.6 Å². The van der Waals surface area contributed by atoms with Gasteiger partial charge in [-0.2, -0.15) is 0 Å². The predicted octanol–water partition coefficient (Wildman–Crippen LogP) is 2.89. The van der Waals surface area contributed by atoms with Crippen LogP contribution < -0.4 is 5.48 Å². The molecule has 1 saturated heterocycles. The van der Waals surface area contributed by atoms with Crippen LogP contribution in [0.4, 0.5) is 4.79 Å². The summed E-state index contributed by atoms with van der Waals surface area (Å²) >= 11 is 6.14. The van der Waals surface area contributed by atoms with Gasteiger partial charge >= 0.3 is 6.09 Å². The summed E-state index contributed by atoms with van der Waals surface area (Å²) in [4.78, 5) is 18.3. The van der Waals surface area contributed by atoms with Gasteiger partial charge in [0.15, 0.2) is 0 Å². The average Bonchev–Trinajstić information content (AvgIpc) is 2.88. The van der Waals surface area contributed by atoms with Gasteiger partial charge in [0.25, 0.3) is 0 Å². The van der Waals surface area contributed by atoms with Crippen molar-refractivity contribution in [2.45, 2.75) is 26.3 Å². The monoisotopic (exact) mass is 268 g/mol. The second-order valence-electron chi connectivity index (χ2n) is 4.43. The highest BCUT2D eigenvalue weighted by Crippen LogP contribution is 2.19. The van der Waals surface area contributed by atoms with Gasteiger partial charge in [0.2, 0.25) is 0 Å². The van der Waals surface area contributed by atoms with Crippen molar-refractivity contribution in [3.63, 3.8) is 0 Å². The van der Waals surface area contributed by atoms with Gasteiger partial charge in [0, 0.05) is 18.1 Å². The largest absolute Gasteiger partial charge is 0.428 e. The lowest BCUT2D eigenvalue weighted by Crippen LogP contribution is -2.32. The molecule has 0 saturated carbocycles. The number of nitrogens with one attached hydrogen (secondary N) is 1. The first-order chi connectivity index (χ1) is 8.68. The van der Waals surface area contributed by atoms with Gasteiger partial charge < -0.3 is 9.74 Å². The molecular formula is C13H17ClN2O2. The Morgan fingerprint density at radius 2 is 2.17 bits per heavy atom. The summed E-state index contributed by atoms with van der Waals surface area (Å²) in [5.41, 5.74) is 4.61. The minimum absolute atomic E-state index is 0.309. The van der Waals surface area contributed by atoms with E-state index in [1.54, 1.807) is 4.90 Å². The zero-order valence-corrected chi connectivity index (χ0v) is 11.2. The topological polar surface area (TPSA) is 41.6 Å². The second kappa shape index (κ2) is 6.07. The number of hydrogen-bond acceptors (Lipinski definition) is 3. The van der Waals surface area contributed by atoms with Gasteiger partial charge in [-0.3, -0.25) is 0 Å². The molecule has 0 aromatic heterocycles. The Balaban J connectivity index is 1.81. The van der Waals surface area contributed by atoms with Crippen LogP contribution in [0.15, 0.2) is 18.2 Å². The normalized spacial score (nSPS) is 14.9. The molecule has 0 spiro atoms. The molecule has 4 nitrogen and oxygen atoms in total. The van der Waals surface area contributed by atoms with E-state index in [0.717, 1.165) is 37.1 Å². The Bertz CT molecular complexity index is 431. The Hall–Kier alpha value is -1.26. The molecule has 1 aromatic rings. The minimum Gasteiger partial charge on any atom is -0.353 e. The molecule has 18 heavy (non-hydrogen) atoms. The maximum atomic E-state index is 11.6. The first kappa shape index (κ1) is 13.2. The number of nitrogens with zero attached hydrogens (tertiary/aromatic N) is 1. The fraction of sp³-hybridized carbons (Fsp3) is 0.462. The first-order valence-electron chi connectivity index (χ1n) is 6.11. The van der Waals surface area contributed by atoms with Crippen molar-refractivity contribution in [1.29, 1.82) is 0 Å². The molecule has 1 aliphatic rings. The standard InChI is InChI=1S/C13H17ClN2O2/c1-10-5-4-6-11(12(10)14)9-15-18-13(17)16-7-2-3-8-16/h4-6,15H,2-3,7-9H2,1H3. The number of carbonyl (C=O) groups is 1. The van der Waals surface area contributed by atoms with E-state index in [1.807, 2.05) is 25.1 Å². The van der Waals surface area contributed by atoms with E-state index >= 15 is 0 Å². The van der Waals surface area contributed by atoms with Crippen LogP contribution in [0.1, 0.15) is 24.0 Å². The molecule has 1 aliphatic heterocycles. The molecule has 1 aromatic carbocycles. The number of hydroxylamine groups is 1. The third kappa shape index (κ3) is 3.15. The van der Waals surface area contributed by atoms with E-state index in [9.17, 15) is 4.79 Å². The number of aryl methyl sites for hydroxylation is 1. The Kier molecular flexibility index (Phi) is 4.44. The molecular weight excluding hydrogens is 252 g/mol. The lowest BCUT2D eigenvalue weighted by molar-refractivity contribution is 0.0581. The molecule has 5 heteroatoms. The van der Waals surface area contributed by atoms with Crippen molar-refractivity contribution in [2.75, 3.05) is 13.1 Å². The summed E-state index contributed by atoms with van der Waals surface area (Å²) in [5, 5.41) is 0.710. The number of halogens is 1. The van der Waals surface area contributed by atoms with E-state index in [1.165, 1.54) is 0 Å². The molecule has 0 bridgehead atoms. The maximum Gasteiger partial charge on any atom is 0.428 e. The zero-order chi connectivity index (χ0) is 13.0. The highest BCUT2D eigenvalue weighted by Gasteiger charge is 2.19. The Labute approximate surface area is 112 Å². The smallest absolute Gasteiger partial charge is 0.353 e. The highest BCUT2D eigenvalue weighted by atomic mass is 35.5. The average molecular weight is 269 g/mol. The van der Waals surface area contributed by atoms with Crippen molar-refractivity contribution in [3.05, 3.63) is 34.3 Å². The number of amides is 1.